The highest BCUT2D eigenvalue weighted by molar-refractivity contribution is 6.10. The zero-order valence-corrected chi connectivity index (χ0v) is 25.9. The zero-order valence-electron chi connectivity index (χ0n) is 25.9. The minimum Gasteiger partial charge on any atom is -0.308 e. The van der Waals surface area contributed by atoms with Crippen LogP contribution in [0.25, 0.3) is 71.8 Å². The van der Waals surface area contributed by atoms with Crippen molar-refractivity contribution in [2.24, 2.45) is 4.99 Å². The number of nitrogens with zero attached hydrogens (tertiary/aromatic N) is 4. The van der Waals surface area contributed by atoms with Crippen LogP contribution in [-0.2, 0) is 0 Å². The Morgan fingerprint density at radius 2 is 1.15 bits per heavy atom. The molecule has 4 nitrogen and oxygen atoms in total. The molecule has 0 saturated heterocycles. The van der Waals surface area contributed by atoms with Gasteiger partial charge < -0.3 is 4.57 Å². The van der Waals surface area contributed by atoms with Crippen molar-refractivity contribution in [3.8, 4) is 22.9 Å². The Morgan fingerprint density at radius 3 is 1.72 bits per heavy atom. The highest BCUT2D eigenvalue weighted by Gasteiger charge is 2.16. The molecule has 0 aliphatic heterocycles. The summed E-state index contributed by atoms with van der Waals surface area (Å²) in [6.45, 7) is 6.02. The topological polar surface area (TPSA) is 46.0 Å². The van der Waals surface area contributed by atoms with E-state index in [2.05, 4.69) is 161 Å². The van der Waals surface area contributed by atoms with Crippen LogP contribution < -0.4 is 0 Å². The average Bonchev–Trinajstić information content (AvgIpc) is 3.65. The Bertz CT molecular complexity index is 2510. The van der Waals surface area contributed by atoms with Crippen LogP contribution in [0.2, 0.25) is 0 Å². The van der Waals surface area contributed by atoms with Crippen LogP contribution >= 0.6 is 0 Å². The van der Waals surface area contributed by atoms with E-state index in [4.69, 9.17) is 0 Å². The molecule has 2 aromatic heterocycles. The number of hydrogen-bond donors (Lipinski definition) is 0. The lowest BCUT2D eigenvalue weighted by Crippen LogP contribution is -1.98. The summed E-state index contributed by atoms with van der Waals surface area (Å²) >= 11 is 0. The molecule has 222 valence electrons. The van der Waals surface area contributed by atoms with Gasteiger partial charge in [-0.05, 0) is 84.4 Å². The fourth-order valence-corrected chi connectivity index (χ4v) is 6.79. The van der Waals surface area contributed by atoms with Gasteiger partial charge in [-0.25, -0.2) is 4.99 Å². The second-order valence-corrected chi connectivity index (χ2v) is 11.7. The quantitative estimate of drug-likeness (QED) is 0.138. The summed E-state index contributed by atoms with van der Waals surface area (Å²) in [5.41, 5.74) is 10.1. The van der Waals surface area contributed by atoms with Crippen molar-refractivity contribution in [1.82, 2.24) is 9.13 Å². The highest BCUT2D eigenvalue weighted by Crippen LogP contribution is 2.35. The van der Waals surface area contributed by atoms with Gasteiger partial charge in [-0.15, -0.1) is 0 Å². The van der Waals surface area contributed by atoms with Crippen molar-refractivity contribution < 1.29 is 0 Å². The number of fused-ring (bicyclic) bond motifs is 6. The summed E-state index contributed by atoms with van der Waals surface area (Å²) < 4.78 is 4.37. The van der Waals surface area contributed by atoms with Gasteiger partial charge in [0.2, 0.25) is 0 Å². The smallest absolute Gasteiger partial charge is 0.136 e. The molecule has 2 heterocycles. The van der Waals surface area contributed by atoms with Crippen molar-refractivity contribution in [2.45, 2.75) is 6.92 Å². The summed E-state index contributed by atoms with van der Waals surface area (Å²) in [6, 6.07) is 50.6. The van der Waals surface area contributed by atoms with Crippen LogP contribution in [0, 0.1) is 11.3 Å². The van der Waals surface area contributed by atoms with E-state index in [0.717, 1.165) is 55.8 Å². The van der Waals surface area contributed by atoms with Gasteiger partial charge in [0.25, 0.3) is 0 Å². The first kappa shape index (κ1) is 28.1. The standard InChI is InChI=1S/C43H30N4/c1-29(22-25-43(45-2)47-41-20-9-5-16-36(41)37-17-6-10-21-42(37)47)30-12-11-13-31(26-30)32-23-24-38(33(27-32)28-44)46-39-18-7-3-14-34(39)35-15-4-8-19-40(35)46/h3-27H,2H2,1H3/b29-22+,43-25+. The van der Waals surface area contributed by atoms with Crippen LogP contribution in [-0.4, -0.2) is 15.9 Å². The zero-order chi connectivity index (χ0) is 31.9. The number of benzene rings is 6. The maximum Gasteiger partial charge on any atom is 0.136 e. The third kappa shape index (κ3) is 4.65. The summed E-state index contributed by atoms with van der Waals surface area (Å²) in [5.74, 6) is 0.761. The molecule has 0 radical (unpaired) electrons. The van der Waals surface area contributed by atoms with Gasteiger partial charge in [0.15, 0.2) is 0 Å². The van der Waals surface area contributed by atoms with E-state index < -0.39 is 0 Å². The molecule has 0 atom stereocenters. The molecule has 0 bridgehead atoms. The van der Waals surface area contributed by atoms with E-state index >= 15 is 0 Å². The molecule has 0 N–H and O–H groups in total. The predicted octanol–water partition coefficient (Wildman–Crippen LogP) is 11.0. The van der Waals surface area contributed by atoms with E-state index in [0.29, 0.717) is 5.56 Å². The third-order valence-electron chi connectivity index (χ3n) is 9.04. The number of aliphatic imine (C=N–C) groups is 1. The second-order valence-electron chi connectivity index (χ2n) is 11.7. The molecule has 0 fully saturated rings. The molecule has 4 heteroatoms. The molecule has 8 aromatic rings. The molecule has 0 unspecified atom stereocenters. The lowest BCUT2D eigenvalue weighted by molar-refractivity contribution is 1.17. The molecular formula is C43H30N4. The Morgan fingerprint density at radius 1 is 0.617 bits per heavy atom. The number of aromatic nitrogens is 2. The minimum atomic E-state index is 0.627. The number of allylic oxidation sites excluding steroid dienone is 3. The van der Waals surface area contributed by atoms with E-state index in [1.54, 1.807) is 0 Å². The lowest BCUT2D eigenvalue weighted by Gasteiger charge is -2.12. The molecule has 0 aliphatic carbocycles. The molecule has 47 heavy (non-hydrogen) atoms. The normalized spacial score (nSPS) is 12.3. The van der Waals surface area contributed by atoms with Crippen molar-refractivity contribution in [2.75, 3.05) is 0 Å². The minimum absolute atomic E-state index is 0.627. The number of hydrogen-bond acceptors (Lipinski definition) is 2. The Labute approximate surface area is 273 Å². The highest BCUT2D eigenvalue weighted by atomic mass is 15.1. The Kier molecular flexibility index (Phi) is 6.86. The number of nitriles is 1. The van der Waals surface area contributed by atoms with Gasteiger partial charge in [0, 0.05) is 21.5 Å². The largest absolute Gasteiger partial charge is 0.308 e. The average molecular weight is 603 g/mol. The van der Waals surface area contributed by atoms with Crippen molar-refractivity contribution in [3.05, 3.63) is 163 Å². The summed E-state index contributed by atoms with van der Waals surface area (Å²) in [7, 11) is 0. The van der Waals surface area contributed by atoms with Gasteiger partial charge in [0.05, 0.1) is 33.3 Å². The first-order chi connectivity index (χ1) is 23.2. The first-order valence-corrected chi connectivity index (χ1v) is 15.6. The molecular weight excluding hydrogens is 573 g/mol. The third-order valence-corrected chi connectivity index (χ3v) is 9.04. The SMILES string of the molecule is C=N/C(=C\C=C(/C)c1cccc(-c2ccc(-n3c4ccccc4c4ccccc43)c(C#N)c2)c1)n1c2ccccc2c2ccccc21. The van der Waals surface area contributed by atoms with Crippen LogP contribution in [0.5, 0.6) is 0 Å². The van der Waals surface area contributed by atoms with Crippen molar-refractivity contribution in [1.29, 1.82) is 5.26 Å². The van der Waals surface area contributed by atoms with Crippen molar-refractivity contribution >= 4 is 61.7 Å². The molecule has 0 amide bonds. The Hall–Kier alpha value is -6.44. The lowest BCUT2D eigenvalue weighted by atomic mass is 9.97. The summed E-state index contributed by atoms with van der Waals surface area (Å²) in [6.07, 6.45) is 4.13. The Balaban J connectivity index is 1.17. The monoisotopic (exact) mass is 602 g/mol. The van der Waals surface area contributed by atoms with Crippen LogP contribution in [0.15, 0.2) is 157 Å². The second kappa shape index (κ2) is 11.5. The van der Waals surface area contributed by atoms with Gasteiger partial charge >= 0.3 is 0 Å². The first-order valence-electron chi connectivity index (χ1n) is 15.6. The fraction of sp³-hybridized carbons (Fsp3) is 0.0233. The van der Waals surface area contributed by atoms with Gasteiger partial charge in [-0.1, -0.05) is 103 Å². The van der Waals surface area contributed by atoms with Crippen LogP contribution in [0.3, 0.4) is 0 Å². The maximum absolute atomic E-state index is 10.3. The van der Waals surface area contributed by atoms with E-state index in [9.17, 15) is 5.26 Å². The number of rotatable bonds is 6. The molecule has 0 aliphatic rings. The van der Waals surface area contributed by atoms with Gasteiger partial charge in [0.1, 0.15) is 11.9 Å². The maximum atomic E-state index is 10.3. The number of para-hydroxylation sites is 4. The summed E-state index contributed by atoms with van der Waals surface area (Å²) in [4.78, 5) is 4.44. The van der Waals surface area contributed by atoms with Gasteiger partial charge in [-0.2, -0.15) is 5.26 Å². The molecule has 8 rings (SSSR count). The molecule has 6 aromatic carbocycles. The van der Waals surface area contributed by atoms with E-state index in [-0.39, 0.29) is 0 Å². The molecule has 0 spiro atoms. The predicted molar refractivity (Wildman–Crippen MR) is 198 cm³/mol. The molecule has 0 saturated carbocycles. The van der Waals surface area contributed by atoms with E-state index in [1.165, 1.54) is 21.5 Å². The fourth-order valence-electron chi connectivity index (χ4n) is 6.79. The van der Waals surface area contributed by atoms with Crippen LogP contribution in [0.1, 0.15) is 18.1 Å². The van der Waals surface area contributed by atoms with Crippen molar-refractivity contribution in [3.63, 3.8) is 0 Å². The van der Waals surface area contributed by atoms with Gasteiger partial charge in [-0.3, -0.25) is 4.57 Å². The van der Waals surface area contributed by atoms with Crippen LogP contribution in [0.4, 0.5) is 0 Å². The van der Waals surface area contributed by atoms with E-state index in [1.807, 2.05) is 24.3 Å². The summed E-state index contributed by atoms with van der Waals surface area (Å²) in [5, 5.41) is 15.1.